The Kier molecular flexibility index (Phi) is 5.33. The minimum atomic E-state index is -0.266. The average molecular weight is 238 g/mol. The van der Waals surface area contributed by atoms with Crippen LogP contribution in [0.3, 0.4) is 0 Å². The van der Waals surface area contributed by atoms with Crippen LogP contribution in [0.2, 0.25) is 0 Å². The van der Waals surface area contributed by atoms with E-state index in [-0.39, 0.29) is 18.1 Å². The quantitative estimate of drug-likeness (QED) is 0.772. The highest BCUT2D eigenvalue weighted by atomic mass is 16.5. The number of esters is 1. The molecule has 1 aromatic rings. The van der Waals surface area contributed by atoms with Gasteiger partial charge in [0.05, 0.1) is 13.2 Å². The fourth-order valence-electron chi connectivity index (χ4n) is 1.56. The molecule has 0 unspecified atom stereocenters. The van der Waals surface area contributed by atoms with Crippen molar-refractivity contribution in [1.82, 2.24) is 0 Å². The number of phenols is 1. The lowest BCUT2D eigenvalue weighted by molar-refractivity contribution is -0.143. The van der Waals surface area contributed by atoms with Gasteiger partial charge in [-0.2, -0.15) is 0 Å². The summed E-state index contributed by atoms with van der Waals surface area (Å²) in [5.74, 6) is 0.509. The second kappa shape index (κ2) is 6.78. The number of benzene rings is 1. The molecule has 0 radical (unpaired) electrons. The molecule has 17 heavy (non-hydrogen) atoms. The Balaban J connectivity index is 2.71. The first-order chi connectivity index (χ1) is 8.19. The van der Waals surface area contributed by atoms with Gasteiger partial charge in [-0.05, 0) is 32.4 Å². The molecule has 1 N–H and O–H groups in total. The molecule has 0 spiro atoms. The number of rotatable bonds is 6. The summed E-state index contributed by atoms with van der Waals surface area (Å²) in [5, 5.41) is 9.73. The molecule has 94 valence electrons. The van der Waals surface area contributed by atoms with Crippen LogP contribution in [0.15, 0.2) is 18.2 Å². The molecule has 0 fully saturated rings. The van der Waals surface area contributed by atoms with Crippen LogP contribution < -0.4 is 4.74 Å². The van der Waals surface area contributed by atoms with Gasteiger partial charge in [0.15, 0.2) is 0 Å². The summed E-state index contributed by atoms with van der Waals surface area (Å²) in [6.45, 7) is 4.54. The highest BCUT2D eigenvalue weighted by molar-refractivity contribution is 5.70. The molecule has 0 atom stereocenters. The van der Waals surface area contributed by atoms with Gasteiger partial charge < -0.3 is 14.6 Å². The molecule has 1 aromatic carbocycles. The third-order valence-corrected chi connectivity index (χ3v) is 2.29. The summed E-state index contributed by atoms with van der Waals surface area (Å²) in [5.41, 5.74) is 0.655. The van der Waals surface area contributed by atoms with Gasteiger partial charge in [0.25, 0.3) is 0 Å². The molecule has 0 aromatic heterocycles. The highest BCUT2D eigenvalue weighted by Crippen LogP contribution is 2.28. The number of hydrogen-bond acceptors (Lipinski definition) is 4. The van der Waals surface area contributed by atoms with E-state index in [4.69, 9.17) is 9.47 Å². The first kappa shape index (κ1) is 13.4. The number of hydrogen-bond donors (Lipinski definition) is 1. The van der Waals surface area contributed by atoms with Crippen molar-refractivity contribution in [2.45, 2.75) is 26.7 Å². The van der Waals surface area contributed by atoms with E-state index in [2.05, 4.69) is 0 Å². The molecule has 0 saturated heterocycles. The van der Waals surface area contributed by atoms with Gasteiger partial charge in [0, 0.05) is 12.0 Å². The van der Waals surface area contributed by atoms with E-state index in [1.54, 1.807) is 25.1 Å². The minimum absolute atomic E-state index is 0.153. The van der Waals surface area contributed by atoms with Gasteiger partial charge in [-0.1, -0.05) is 6.07 Å². The van der Waals surface area contributed by atoms with E-state index in [9.17, 15) is 9.90 Å². The maximum atomic E-state index is 11.3. The van der Waals surface area contributed by atoms with Crippen molar-refractivity contribution in [3.05, 3.63) is 23.8 Å². The minimum Gasteiger partial charge on any atom is -0.508 e. The van der Waals surface area contributed by atoms with E-state index >= 15 is 0 Å². The van der Waals surface area contributed by atoms with Crippen LogP contribution in [0, 0.1) is 0 Å². The topological polar surface area (TPSA) is 55.8 Å². The van der Waals surface area contributed by atoms with Crippen LogP contribution in [-0.4, -0.2) is 24.3 Å². The van der Waals surface area contributed by atoms with Crippen LogP contribution >= 0.6 is 0 Å². The fourth-order valence-corrected chi connectivity index (χ4v) is 1.56. The Morgan fingerprint density at radius 1 is 1.29 bits per heavy atom. The van der Waals surface area contributed by atoms with Gasteiger partial charge in [-0.25, -0.2) is 0 Å². The summed E-state index contributed by atoms with van der Waals surface area (Å²) in [4.78, 5) is 11.3. The van der Waals surface area contributed by atoms with E-state index in [0.29, 0.717) is 30.9 Å². The smallest absolute Gasteiger partial charge is 0.306 e. The third kappa shape index (κ3) is 3.98. The lowest BCUT2D eigenvalue weighted by Gasteiger charge is -2.11. The largest absolute Gasteiger partial charge is 0.508 e. The standard InChI is InChI=1S/C13H18O4/c1-3-16-12-7-5-6-11(14)10(12)8-9-13(15)17-4-2/h5-7,14H,3-4,8-9H2,1-2H3. The highest BCUT2D eigenvalue weighted by Gasteiger charge is 2.11. The van der Waals surface area contributed by atoms with Crippen molar-refractivity contribution >= 4 is 5.97 Å². The van der Waals surface area contributed by atoms with E-state index in [1.165, 1.54) is 0 Å². The average Bonchev–Trinajstić information content (AvgIpc) is 2.29. The molecule has 1 rings (SSSR count). The van der Waals surface area contributed by atoms with Crippen molar-refractivity contribution in [2.24, 2.45) is 0 Å². The molecule has 0 aliphatic rings. The molecular formula is C13H18O4. The summed E-state index contributed by atoms with van der Waals surface area (Å²) < 4.78 is 10.2. The fraction of sp³-hybridized carbons (Fsp3) is 0.462. The number of phenolic OH excluding ortho intramolecular Hbond substituents is 1. The molecule has 0 aliphatic carbocycles. The van der Waals surface area contributed by atoms with Gasteiger partial charge in [0.1, 0.15) is 11.5 Å². The SMILES string of the molecule is CCOC(=O)CCc1c(O)cccc1OCC. The summed E-state index contributed by atoms with van der Waals surface area (Å²) in [6, 6.07) is 5.08. The Labute approximate surface area is 101 Å². The molecule has 0 heterocycles. The van der Waals surface area contributed by atoms with E-state index in [1.807, 2.05) is 6.92 Å². The molecule has 0 bridgehead atoms. The Hall–Kier alpha value is -1.71. The van der Waals surface area contributed by atoms with E-state index in [0.717, 1.165) is 0 Å². The first-order valence-electron chi connectivity index (χ1n) is 5.78. The number of aromatic hydroxyl groups is 1. The second-order valence-electron chi connectivity index (χ2n) is 3.49. The van der Waals surface area contributed by atoms with Crippen LogP contribution in [0.1, 0.15) is 25.8 Å². The number of ether oxygens (including phenoxy) is 2. The lowest BCUT2D eigenvalue weighted by Crippen LogP contribution is -2.06. The van der Waals surface area contributed by atoms with Crippen molar-refractivity contribution < 1.29 is 19.4 Å². The predicted octanol–water partition coefficient (Wildman–Crippen LogP) is 2.29. The first-order valence-corrected chi connectivity index (χ1v) is 5.78. The monoisotopic (exact) mass is 238 g/mol. The van der Waals surface area contributed by atoms with E-state index < -0.39 is 0 Å². The molecule has 0 aliphatic heterocycles. The van der Waals surface area contributed by atoms with Crippen LogP contribution in [0.4, 0.5) is 0 Å². The van der Waals surface area contributed by atoms with Gasteiger partial charge in [0.2, 0.25) is 0 Å². The zero-order valence-electron chi connectivity index (χ0n) is 10.2. The summed E-state index contributed by atoms with van der Waals surface area (Å²) in [7, 11) is 0. The number of carbonyl (C=O) groups is 1. The summed E-state index contributed by atoms with van der Waals surface area (Å²) >= 11 is 0. The van der Waals surface area contributed by atoms with Crippen molar-refractivity contribution in [3.63, 3.8) is 0 Å². The zero-order valence-corrected chi connectivity index (χ0v) is 10.2. The van der Waals surface area contributed by atoms with Crippen molar-refractivity contribution in [3.8, 4) is 11.5 Å². The molecule has 0 saturated carbocycles. The third-order valence-electron chi connectivity index (χ3n) is 2.29. The van der Waals surface area contributed by atoms with Crippen molar-refractivity contribution in [1.29, 1.82) is 0 Å². The number of carbonyl (C=O) groups excluding carboxylic acids is 1. The molecule has 4 nitrogen and oxygen atoms in total. The van der Waals surface area contributed by atoms with Crippen molar-refractivity contribution in [2.75, 3.05) is 13.2 Å². The maximum absolute atomic E-state index is 11.3. The summed E-state index contributed by atoms with van der Waals surface area (Å²) in [6.07, 6.45) is 0.659. The van der Waals surface area contributed by atoms with Gasteiger partial charge in [-0.15, -0.1) is 0 Å². The molecular weight excluding hydrogens is 220 g/mol. The maximum Gasteiger partial charge on any atom is 0.306 e. The Morgan fingerprint density at radius 3 is 2.71 bits per heavy atom. The second-order valence-corrected chi connectivity index (χ2v) is 3.49. The molecule has 0 amide bonds. The predicted molar refractivity (Wildman–Crippen MR) is 64.2 cm³/mol. The Bertz CT molecular complexity index is 374. The Morgan fingerprint density at radius 2 is 2.06 bits per heavy atom. The van der Waals surface area contributed by atoms with Gasteiger partial charge >= 0.3 is 5.97 Å². The lowest BCUT2D eigenvalue weighted by atomic mass is 10.1. The normalized spacial score (nSPS) is 10.0. The van der Waals surface area contributed by atoms with Crippen LogP contribution in [-0.2, 0) is 16.0 Å². The zero-order chi connectivity index (χ0) is 12.7. The van der Waals surface area contributed by atoms with Gasteiger partial charge in [-0.3, -0.25) is 4.79 Å². The molecule has 4 heteroatoms. The van der Waals surface area contributed by atoms with Crippen LogP contribution in [0.5, 0.6) is 11.5 Å². The van der Waals surface area contributed by atoms with Crippen LogP contribution in [0.25, 0.3) is 0 Å².